The van der Waals surface area contributed by atoms with Crippen molar-refractivity contribution >= 4 is 22.1 Å². The molecule has 3 heteroatoms. The number of rotatable bonds is 3. The van der Waals surface area contributed by atoms with Gasteiger partial charge in [0, 0.05) is 35.5 Å². The van der Waals surface area contributed by atoms with Crippen LogP contribution in [0.2, 0.25) is 0 Å². The van der Waals surface area contributed by atoms with Crippen molar-refractivity contribution in [1.29, 1.82) is 0 Å². The fraction of sp³-hybridized carbons (Fsp3) is 0.333. The van der Waals surface area contributed by atoms with Gasteiger partial charge in [0.05, 0.1) is 5.56 Å². The summed E-state index contributed by atoms with van der Waals surface area (Å²) in [5.41, 5.74) is 4.71. The van der Waals surface area contributed by atoms with Crippen LogP contribution in [0.1, 0.15) is 63.1 Å². The highest BCUT2D eigenvalue weighted by molar-refractivity contribution is 6.08. The van der Waals surface area contributed by atoms with Crippen molar-refractivity contribution in [2.45, 2.75) is 46.3 Å². The molecule has 0 spiro atoms. The molecule has 0 amide bonds. The van der Waals surface area contributed by atoms with Crippen LogP contribution in [0.5, 0.6) is 0 Å². The summed E-state index contributed by atoms with van der Waals surface area (Å²) in [6.45, 7) is 4.50. The molecule has 0 aliphatic carbocycles. The third-order valence-electron chi connectivity index (χ3n) is 5.07. The van der Waals surface area contributed by atoms with Gasteiger partial charge in [0.1, 0.15) is 7.05 Å². The first-order valence-electron chi connectivity index (χ1n) is 11.6. The second kappa shape index (κ2) is 6.49. The van der Waals surface area contributed by atoms with Gasteiger partial charge in [-0.05, 0) is 42.0 Å². The van der Waals surface area contributed by atoms with Crippen LogP contribution in [0.15, 0.2) is 47.0 Å². The van der Waals surface area contributed by atoms with Crippen molar-refractivity contribution in [1.82, 2.24) is 4.98 Å². The van der Waals surface area contributed by atoms with E-state index in [1.54, 1.807) is 32.2 Å². The number of fused-ring (bicyclic) bond motifs is 3. The molecule has 27 heavy (non-hydrogen) atoms. The molecule has 1 unspecified atom stereocenters. The van der Waals surface area contributed by atoms with Crippen molar-refractivity contribution < 1.29 is 15.8 Å². The van der Waals surface area contributed by atoms with Crippen LogP contribution in [0.3, 0.4) is 0 Å². The predicted octanol–water partition coefficient (Wildman–Crippen LogP) is 6.03. The van der Waals surface area contributed by atoms with Gasteiger partial charge in [-0.3, -0.25) is 0 Å². The largest absolute Gasteiger partial charge is 0.437 e. The highest BCUT2D eigenvalue weighted by atomic mass is 16.3. The molecule has 4 rings (SSSR count). The topological polar surface area (TPSA) is 29.9 Å². The van der Waals surface area contributed by atoms with Gasteiger partial charge in [-0.1, -0.05) is 39.8 Å². The second-order valence-corrected chi connectivity index (χ2v) is 7.32. The second-order valence-electron chi connectivity index (χ2n) is 7.32. The van der Waals surface area contributed by atoms with Crippen LogP contribution in [0.25, 0.3) is 33.3 Å². The summed E-state index contributed by atoms with van der Waals surface area (Å²) in [7, 11) is 1.88. The number of furan rings is 1. The van der Waals surface area contributed by atoms with E-state index in [1.807, 2.05) is 42.8 Å². The molecule has 1 aromatic carbocycles. The molecular weight excluding hydrogens is 332 g/mol. The third kappa shape index (κ3) is 2.91. The maximum Gasteiger partial charge on any atom is 0.227 e. The van der Waals surface area contributed by atoms with E-state index in [2.05, 4.69) is 4.98 Å². The Morgan fingerprint density at radius 1 is 1.07 bits per heavy atom. The first-order chi connectivity index (χ1) is 14.7. The number of aromatic nitrogens is 2. The summed E-state index contributed by atoms with van der Waals surface area (Å²) in [6.07, 6.45) is 1.78. The smallest absolute Gasteiger partial charge is 0.227 e. The molecule has 0 bridgehead atoms. The lowest BCUT2D eigenvalue weighted by Crippen LogP contribution is -2.31. The maximum atomic E-state index is 8.51. The van der Waals surface area contributed by atoms with Gasteiger partial charge in [-0.25, -0.2) is 9.55 Å². The zero-order chi connectivity index (χ0) is 23.6. The molecule has 0 radical (unpaired) electrons. The number of hydrogen-bond donors (Lipinski definition) is 0. The zero-order valence-electron chi connectivity index (χ0n) is 21.3. The Hall–Kier alpha value is -2.68. The van der Waals surface area contributed by atoms with E-state index < -0.39 is 18.6 Å². The SMILES string of the molecule is [2H]C(C)(C)c1ccc2c(n1)oc1c(-c3cc(C([2H])(C)C([2H])([2H])[2H])cc[n+]3C)c(C)ccc12. The Balaban J connectivity index is 2.01. The van der Waals surface area contributed by atoms with E-state index in [0.717, 1.165) is 27.6 Å². The van der Waals surface area contributed by atoms with Gasteiger partial charge >= 0.3 is 0 Å². The van der Waals surface area contributed by atoms with Crippen LogP contribution in [-0.2, 0) is 7.05 Å². The fourth-order valence-corrected chi connectivity index (χ4v) is 3.47. The molecule has 0 aliphatic heterocycles. The Bertz CT molecular complexity index is 1350. The van der Waals surface area contributed by atoms with Crippen molar-refractivity contribution in [2.24, 2.45) is 7.05 Å². The molecule has 4 aromatic rings. The summed E-state index contributed by atoms with van der Waals surface area (Å²) in [5, 5.41) is 1.76. The summed E-state index contributed by atoms with van der Waals surface area (Å²) < 4.78 is 48.4. The van der Waals surface area contributed by atoms with E-state index in [-0.39, 0.29) is 0 Å². The Labute approximate surface area is 167 Å². The van der Waals surface area contributed by atoms with Gasteiger partial charge in [0.2, 0.25) is 11.4 Å². The van der Waals surface area contributed by atoms with Crippen molar-refractivity contribution in [3.63, 3.8) is 0 Å². The van der Waals surface area contributed by atoms with Gasteiger partial charge in [-0.2, -0.15) is 0 Å². The van der Waals surface area contributed by atoms with Crippen LogP contribution < -0.4 is 4.57 Å². The Morgan fingerprint density at radius 2 is 1.85 bits per heavy atom. The normalized spacial score (nSPS) is 17.7. The van der Waals surface area contributed by atoms with Gasteiger partial charge in [0.15, 0.2) is 11.8 Å². The Kier molecular flexibility index (Phi) is 3.04. The molecule has 0 aliphatic rings. The zero-order valence-corrected chi connectivity index (χ0v) is 16.3. The minimum atomic E-state index is -2.46. The molecule has 3 aromatic heterocycles. The summed E-state index contributed by atoms with van der Waals surface area (Å²) in [5.74, 6) is -2.59. The first-order valence-corrected chi connectivity index (χ1v) is 9.06. The molecule has 138 valence electrons. The number of hydrogen-bond acceptors (Lipinski definition) is 2. The van der Waals surface area contributed by atoms with Crippen molar-refractivity contribution in [3.05, 3.63) is 59.4 Å². The molecular formula is C24H27N2O+. The average Bonchev–Trinajstić information content (AvgIpc) is 3.04. The molecule has 0 N–H and O–H groups in total. The summed E-state index contributed by atoms with van der Waals surface area (Å²) >= 11 is 0. The van der Waals surface area contributed by atoms with Crippen LogP contribution in [-0.4, -0.2) is 4.98 Å². The first kappa shape index (κ1) is 12.7. The summed E-state index contributed by atoms with van der Waals surface area (Å²) in [6, 6.07) is 11.2. The van der Waals surface area contributed by atoms with Gasteiger partial charge in [0.25, 0.3) is 0 Å². The third-order valence-corrected chi connectivity index (χ3v) is 5.07. The average molecular weight is 365 g/mol. The highest BCUT2D eigenvalue weighted by Gasteiger charge is 2.22. The quantitative estimate of drug-likeness (QED) is 0.416. The monoisotopic (exact) mass is 364 g/mol. The van der Waals surface area contributed by atoms with Crippen molar-refractivity contribution in [3.8, 4) is 11.3 Å². The van der Waals surface area contributed by atoms with E-state index in [9.17, 15) is 0 Å². The van der Waals surface area contributed by atoms with Gasteiger partial charge in [-0.15, -0.1) is 0 Å². The lowest BCUT2D eigenvalue weighted by atomic mass is 9.97. The fourth-order valence-electron chi connectivity index (χ4n) is 3.47. The Morgan fingerprint density at radius 3 is 2.59 bits per heavy atom. The number of pyridine rings is 2. The number of nitrogens with zero attached hydrogens (tertiary/aromatic N) is 2. The maximum absolute atomic E-state index is 8.51. The number of aryl methyl sites for hydroxylation is 2. The minimum Gasteiger partial charge on any atom is -0.437 e. The molecule has 1 atom stereocenters. The van der Waals surface area contributed by atoms with Crippen molar-refractivity contribution in [2.75, 3.05) is 0 Å². The standard InChI is InChI=1S/C24H27N2O/c1-14(2)17-11-12-26(6)21(13-17)22-16(5)7-8-18-19-9-10-20(15(3)4)25-24(19)27-23(18)22/h7-15H,1-6H3/q+1/i1D3,14D,15D. The van der Waals surface area contributed by atoms with E-state index in [4.69, 9.17) is 11.3 Å². The van der Waals surface area contributed by atoms with E-state index in [1.165, 1.54) is 6.92 Å². The van der Waals surface area contributed by atoms with Crippen LogP contribution in [0.4, 0.5) is 0 Å². The van der Waals surface area contributed by atoms with Crippen LogP contribution in [0, 0.1) is 6.92 Å². The predicted molar refractivity (Wildman–Crippen MR) is 111 cm³/mol. The molecule has 0 saturated carbocycles. The molecule has 3 heterocycles. The molecule has 0 saturated heterocycles. The lowest BCUT2D eigenvalue weighted by Gasteiger charge is -2.09. The number of benzene rings is 1. The molecule has 3 nitrogen and oxygen atoms in total. The minimum absolute atomic E-state index is 0.412. The van der Waals surface area contributed by atoms with Crippen LogP contribution >= 0.6 is 0 Å². The lowest BCUT2D eigenvalue weighted by molar-refractivity contribution is -0.660. The molecule has 0 fully saturated rings. The van der Waals surface area contributed by atoms with Gasteiger partial charge < -0.3 is 4.42 Å². The van der Waals surface area contributed by atoms with E-state index >= 15 is 0 Å². The van der Waals surface area contributed by atoms with E-state index in [0.29, 0.717) is 22.6 Å². The summed E-state index contributed by atoms with van der Waals surface area (Å²) in [4.78, 5) is 4.59. The highest BCUT2D eigenvalue weighted by Crippen LogP contribution is 2.37.